The molecule has 0 bridgehead atoms. The van der Waals surface area contributed by atoms with Gasteiger partial charge in [0, 0.05) is 37.3 Å². The molecule has 5 nitrogen and oxygen atoms in total. The number of carbonyl (C=O) groups is 2. The first kappa shape index (κ1) is 20.4. The van der Waals surface area contributed by atoms with E-state index >= 15 is 0 Å². The summed E-state index contributed by atoms with van der Waals surface area (Å²) in [6, 6.07) is 11.2. The van der Waals surface area contributed by atoms with Crippen LogP contribution in [0.2, 0.25) is 0 Å². The largest absolute Gasteiger partial charge is 0.416 e. The molecule has 8 heteroatoms. The van der Waals surface area contributed by atoms with Gasteiger partial charge in [0.15, 0.2) is 5.78 Å². The molecule has 0 unspecified atom stereocenters. The first-order valence-corrected chi connectivity index (χ1v) is 8.97. The zero-order chi connectivity index (χ0) is 21.2. The second-order valence-corrected chi connectivity index (χ2v) is 6.75. The molecule has 1 aliphatic heterocycles. The number of hydrogen-bond donors (Lipinski definition) is 0. The molecule has 0 N–H and O–H groups in total. The van der Waals surface area contributed by atoms with Crippen molar-refractivity contribution in [3.63, 3.8) is 0 Å². The number of nitrogens with zero attached hydrogens (tertiary/aromatic N) is 3. The van der Waals surface area contributed by atoms with Crippen LogP contribution in [0.15, 0.2) is 42.5 Å². The second kappa shape index (κ2) is 7.95. The number of nitriles is 1. The van der Waals surface area contributed by atoms with E-state index in [0.717, 1.165) is 12.1 Å². The van der Waals surface area contributed by atoms with Gasteiger partial charge in [-0.3, -0.25) is 9.59 Å². The van der Waals surface area contributed by atoms with Gasteiger partial charge in [-0.2, -0.15) is 18.4 Å². The minimum absolute atomic E-state index is 0.105. The lowest BCUT2D eigenvalue weighted by molar-refractivity contribution is -0.137. The van der Waals surface area contributed by atoms with Gasteiger partial charge in [0.05, 0.1) is 16.8 Å². The van der Waals surface area contributed by atoms with Crippen LogP contribution >= 0.6 is 0 Å². The fourth-order valence-corrected chi connectivity index (χ4v) is 3.24. The van der Waals surface area contributed by atoms with Gasteiger partial charge in [0.25, 0.3) is 5.91 Å². The number of alkyl halides is 3. The summed E-state index contributed by atoms with van der Waals surface area (Å²) < 4.78 is 38.0. The van der Waals surface area contributed by atoms with Crippen molar-refractivity contribution in [2.45, 2.75) is 13.1 Å². The summed E-state index contributed by atoms with van der Waals surface area (Å²) in [4.78, 5) is 27.7. The fourth-order valence-electron chi connectivity index (χ4n) is 3.24. The molecule has 3 rings (SSSR count). The quantitative estimate of drug-likeness (QED) is 0.735. The van der Waals surface area contributed by atoms with E-state index in [1.807, 2.05) is 4.90 Å². The molecule has 29 heavy (non-hydrogen) atoms. The number of piperazine rings is 1. The average molecular weight is 401 g/mol. The summed E-state index contributed by atoms with van der Waals surface area (Å²) in [6.07, 6.45) is -4.44. The molecule has 2 aromatic carbocycles. The highest BCUT2D eigenvalue weighted by Gasteiger charge is 2.31. The number of ketones is 1. The van der Waals surface area contributed by atoms with Crippen LogP contribution in [0.25, 0.3) is 0 Å². The van der Waals surface area contributed by atoms with E-state index in [4.69, 9.17) is 0 Å². The molecule has 1 fully saturated rings. The van der Waals surface area contributed by atoms with Crippen molar-refractivity contribution < 1.29 is 22.8 Å². The van der Waals surface area contributed by atoms with Gasteiger partial charge in [-0.05, 0) is 49.4 Å². The predicted octanol–water partition coefficient (Wildman–Crippen LogP) is 3.74. The van der Waals surface area contributed by atoms with Crippen molar-refractivity contribution in [3.8, 4) is 6.07 Å². The Labute approximate surface area is 165 Å². The van der Waals surface area contributed by atoms with Crippen LogP contribution in [0.4, 0.5) is 18.9 Å². The van der Waals surface area contributed by atoms with E-state index in [9.17, 15) is 28.0 Å². The summed E-state index contributed by atoms with van der Waals surface area (Å²) in [5, 5.41) is 9.34. The third-order valence-electron chi connectivity index (χ3n) is 4.89. The van der Waals surface area contributed by atoms with Crippen LogP contribution < -0.4 is 4.90 Å². The van der Waals surface area contributed by atoms with Gasteiger partial charge in [-0.1, -0.05) is 0 Å². The molecule has 0 saturated carbocycles. The molecule has 0 atom stereocenters. The molecule has 1 aliphatic rings. The number of halogens is 3. The maximum atomic E-state index is 12.7. The number of benzene rings is 2. The van der Waals surface area contributed by atoms with E-state index in [-0.39, 0.29) is 17.3 Å². The highest BCUT2D eigenvalue weighted by Crippen LogP contribution is 2.29. The van der Waals surface area contributed by atoms with Crippen LogP contribution in [0.1, 0.15) is 38.8 Å². The van der Waals surface area contributed by atoms with Crippen molar-refractivity contribution in [3.05, 3.63) is 64.7 Å². The van der Waals surface area contributed by atoms with Gasteiger partial charge >= 0.3 is 6.18 Å². The smallest absolute Gasteiger partial charge is 0.367 e. The molecule has 0 aliphatic carbocycles. The number of anilines is 1. The average Bonchev–Trinajstić information content (AvgIpc) is 2.72. The monoisotopic (exact) mass is 401 g/mol. The Morgan fingerprint density at radius 1 is 0.966 bits per heavy atom. The third-order valence-corrected chi connectivity index (χ3v) is 4.89. The first-order valence-electron chi connectivity index (χ1n) is 8.97. The Kier molecular flexibility index (Phi) is 5.59. The molecule has 0 radical (unpaired) electrons. The summed E-state index contributed by atoms with van der Waals surface area (Å²) in [7, 11) is 0. The van der Waals surface area contributed by atoms with Crippen molar-refractivity contribution in [1.82, 2.24) is 4.90 Å². The first-order chi connectivity index (χ1) is 13.7. The number of carbonyl (C=O) groups excluding carboxylic acids is 2. The Morgan fingerprint density at radius 2 is 1.55 bits per heavy atom. The van der Waals surface area contributed by atoms with Crippen LogP contribution in [-0.4, -0.2) is 42.8 Å². The lowest BCUT2D eigenvalue weighted by Gasteiger charge is -2.36. The lowest BCUT2D eigenvalue weighted by atomic mass is 10.1. The van der Waals surface area contributed by atoms with Crippen molar-refractivity contribution in [2.75, 3.05) is 31.1 Å². The summed E-state index contributed by atoms with van der Waals surface area (Å²) in [5.74, 6) is -0.441. The van der Waals surface area contributed by atoms with E-state index in [2.05, 4.69) is 6.07 Å². The SMILES string of the molecule is CC(=O)c1ccc(C#N)c(N2CCN(C(=O)c3ccc(C(F)(F)F)cc3)CC2)c1. The summed E-state index contributed by atoms with van der Waals surface area (Å²) in [6.45, 7) is 3.06. The van der Waals surface area contributed by atoms with Crippen molar-refractivity contribution >= 4 is 17.4 Å². The normalized spacial score (nSPS) is 14.4. The van der Waals surface area contributed by atoms with E-state index in [1.54, 1.807) is 23.1 Å². The van der Waals surface area contributed by atoms with Gasteiger partial charge < -0.3 is 9.80 Å². The summed E-state index contributed by atoms with van der Waals surface area (Å²) in [5.41, 5.74) is 0.984. The van der Waals surface area contributed by atoms with Gasteiger partial charge in [0.1, 0.15) is 6.07 Å². The lowest BCUT2D eigenvalue weighted by Crippen LogP contribution is -2.49. The van der Waals surface area contributed by atoms with Crippen LogP contribution in [0.5, 0.6) is 0 Å². The molecule has 0 spiro atoms. The van der Waals surface area contributed by atoms with Crippen LogP contribution in [-0.2, 0) is 6.18 Å². The fraction of sp³-hybridized carbons (Fsp3) is 0.286. The van der Waals surface area contributed by atoms with E-state index < -0.39 is 11.7 Å². The number of amides is 1. The van der Waals surface area contributed by atoms with Crippen LogP contribution in [0, 0.1) is 11.3 Å². The molecule has 2 aromatic rings. The minimum Gasteiger partial charge on any atom is -0.367 e. The molecule has 1 saturated heterocycles. The van der Waals surface area contributed by atoms with E-state index in [0.29, 0.717) is 43.0 Å². The van der Waals surface area contributed by atoms with Gasteiger partial charge in [0.2, 0.25) is 0 Å². The van der Waals surface area contributed by atoms with Crippen molar-refractivity contribution in [2.24, 2.45) is 0 Å². The standard InChI is InChI=1S/C21H18F3N3O2/c1-14(28)16-2-3-17(13-25)19(12-16)26-8-10-27(11-9-26)20(29)15-4-6-18(7-5-15)21(22,23)24/h2-7,12H,8-11H2,1H3. The Balaban J connectivity index is 1.71. The molecule has 0 aromatic heterocycles. The zero-order valence-electron chi connectivity index (χ0n) is 15.7. The maximum absolute atomic E-state index is 12.7. The number of hydrogen-bond acceptors (Lipinski definition) is 4. The van der Waals surface area contributed by atoms with Gasteiger partial charge in [-0.15, -0.1) is 0 Å². The van der Waals surface area contributed by atoms with Crippen LogP contribution in [0.3, 0.4) is 0 Å². The third kappa shape index (κ3) is 4.40. The maximum Gasteiger partial charge on any atom is 0.416 e. The minimum atomic E-state index is -4.44. The molecular formula is C21H18F3N3O2. The number of rotatable bonds is 3. The Hall–Kier alpha value is -3.34. The highest BCUT2D eigenvalue weighted by molar-refractivity contribution is 5.96. The van der Waals surface area contributed by atoms with Gasteiger partial charge in [-0.25, -0.2) is 0 Å². The molecule has 1 heterocycles. The van der Waals surface area contributed by atoms with E-state index in [1.165, 1.54) is 19.1 Å². The summed E-state index contributed by atoms with van der Waals surface area (Å²) >= 11 is 0. The number of Topliss-reactive ketones (excluding diaryl/α,β-unsaturated/α-hetero) is 1. The second-order valence-electron chi connectivity index (χ2n) is 6.75. The Bertz CT molecular complexity index is 970. The Morgan fingerprint density at radius 3 is 2.07 bits per heavy atom. The topological polar surface area (TPSA) is 64.4 Å². The zero-order valence-corrected chi connectivity index (χ0v) is 15.7. The highest BCUT2D eigenvalue weighted by atomic mass is 19.4. The van der Waals surface area contributed by atoms with Crippen molar-refractivity contribution in [1.29, 1.82) is 5.26 Å². The molecular weight excluding hydrogens is 383 g/mol. The predicted molar refractivity (Wildman–Crippen MR) is 101 cm³/mol. The molecule has 150 valence electrons. The molecule has 1 amide bonds.